The third kappa shape index (κ3) is 7.77. The Bertz CT molecular complexity index is 1820. The number of aliphatic hydroxyl groups is 1. The summed E-state index contributed by atoms with van der Waals surface area (Å²) in [5, 5.41) is 23.3. The molecule has 1 aromatic carbocycles. The van der Waals surface area contributed by atoms with Gasteiger partial charge in [-0.2, -0.15) is 0 Å². The molecule has 15 nitrogen and oxygen atoms in total. The molecule has 2 N–H and O–H groups in total. The molecule has 0 aliphatic carbocycles. The number of carbonyl (C=O) groups excluding carboxylic acids is 2. The van der Waals surface area contributed by atoms with Crippen LogP contribution in [0.2, 0.25) is 0 Å². The summed E-state index contributed by atoms with van der Waals surface area (Å²) in [5.41, 5.74) is -4.49. The molecule has 7 aliphatic rings. The van der Waals surface area contributed by atoms with Crippen molar-refractivity contribution in [3.05, 3.63) is 23.3 Å². The van der Waals surface area contributed by atoms with E-state index in [-0.39, 0.29) is 59.6 Å². The van der Waals surface area contributed by atoms with Gasteiger partial charge in [-0.1, -0.05) is 0 Å². The van der Waals surface area contributed by atoms with E-state index in [1.165, 1.54) is 20.1 Å². The molecule has 0 amide bonds. The fourth-order valence-electron chi connectivity index (χ4n) is 12.3. The van der Waals surface area contributed by atoms with Crippen molar-refractivity contribution in [3.63, 3.8) is 0 Å². The van der Waals surface area contributed by atoms with Gasteiger partial charge in [0.1, 0.15) is 0 Å². The third-order valence-electron chi connectivity index (χ3n) is 15.6. The van der Waals surface area contributed by atoms with E-state index in [4.69, 9.17) is 46.0 Å². The van der Waals surface area contributed by atoms with Gasteiger partial charge < -0.3 is 0 Å². The Kier molecular flexibility index (Phi) is 12.3. The first-order chi connectivity index (χ1) is 28.6. The predicted octanol–water partition coefficient (Wildman–Crippen LogP) is 5.59. The first-order valence-electron chi connectivity index (χ1n) is 22.4. The first-order valence-corrected chi connectivity index (χ1v) is 27.9. The molecular weight excluding hydrogens is 985 g/mol. The van der Waals surface area contributed by atoms with Crippen molar-refractivity contribution in [2.75, 3.05) is 14.2 Å². The van der Waals surface area contributed by atoms with Gasteiger partial charge in [0.15, 0.2) is 0 Å². The molecule has 340 valence electrons. The molecule has 7 aliphatic heterocycles. The fraction of sp³-hybridized carbons (Fsp3) is 0.822. The molecule has 1 spiro atoms. The van der Waals surface area contributed by atoms with Gasteiger partial charge in [0.2, 0.25) is 0 Å². The topological polar surface area (TPSA) is 176 Å². The number of rotatable bonds is 5. The van der Waals surface area contributed by atoms with Gasteiger partial charge in [-0.3, -0.25) is 0 Å². The Balaban J connectivity index is 1.22. The number of phenolic OH excluding ortho intramolecular Hbond substituents is 1. The molecule has 0 radical (unpaired) electrons. The van der Waals surface area contributed by atoms with E-state index in [2.05, 4.69) is 27.7 Å². The van der Waals surface area contributed by atoms with Crippen LogP contribution in [0.3, 0.4) is 0 Å². The number of fused-ring (bicyclic) bond motifs is 12. The SMILES string of the molecule is CCC1[O][Tl]2[O]C(=O)C(C)(O)C(OC(=O)c3c(C)cc(OC)cc3O)C(C)C3OC4(CCC(C)(O4)C4CC(OC)C(C)(O4)C4OC(CC4C)C4OC1(C)CC4C)CC([O]2)C3C. The molecule has 11 bridgehead atoms. The maximum absolute atomic E-state index is 14.4. The average molecular weight is 1050 g/mol. The zero-order chi connectivity index (χ0) is 44.2. The van der Waals surface area contributed by atoms with Crippen LogP contribution in [0.1, 0.15) is 123 Å². The van der Waals surface area contributed by atoms with Crippen LogP contribution in [0.25, 0.3) is 0 Å². The summed E-state index contributed by atoms with van der Waals surface area (Å²) < 4.78 is 73.5. The van der Waals surface area contributed by atoms with Crippen molar-refractivity contribution in [2.24, 2.45) is 23.7 Å². The number of benzene rings is 1. The number of esters is 1. The third-order valence-corrected chi connectivity index (χ3v) is 21.6. The van der Waals surface area contributed by atoms with E-state index in [0.29, 0.717) is 49.8 Å². The second-order valence-corrected chi connectivity index (χ2v) is 25.5. The number of aryl methyl sites for hydroxylation is 1. The van der Waals surface area contributed by atoms with Crippen molar-refractivity contribution in [2.45, 2.75) is 197 Å². The Morgan fingerprint density at radius 1 is 0.902 bits per heavy atom. The fourth-order valence-corrected chi connectivity index (χ4v) is 20.0. The number of ether oxygens (including phenoxy) is 8. The zero-order valence-electron chi connectivity index (χ0n) is 37.9. The molecule has 0 saturated carbocycles. The van der Waals surface area contributed by atoms with Gasteiger partial charge in [0, 0.05) is 0 Å². The van der Waals surface area contributed by atoms with Crippen LogP contribution in [0.15, 0.2) is 12.1 Å². The van der Waals surface area contributed by atoms with Gasteiger partial charge in [-0.15, -0.1) is 0 Å². The maximum atomic E-state index is 14.4. The molecule has 1 aromatic rings. The van der Waals surface area contributed by atoms with Crippen molar-refractivity contribution < 1.29 is 65.8 Å². The van der Waals surface area contributed by atoms with Crippen molar-refractivity contribution in [3.8, 4) is 11.5 Å². The van der Waals surface area contributed by atoms with Crippen LogP contribution < -0.4 is 4.74 Å². The second-order valence-electron chi connectivity index (χ2n) is 20.2. The minimum absolute atomic E-state index is 0.122. The summed E-state index contributed by atoms with van der Waals surface area (Å²) in [7, 11) is 3.18. The Morgan fingerprint density at radius 2 is 1.64 bits per heavy atom. The summed E-state index contributed by atoms with van der Waals surface area (Å²) in [6.07, 6.45) is -0.631. The molecule has 7 saturated heterocycles. The average Bonchev–Trinajstić information content (AvgIpc) is 3.94. The molecule has 16 heteroatoms. The minimum atomic E-state index is -4.67. The van der Waals surface area contributed by atoms with Gasteiger partial charge >= 0.3 is 372 Å². The summed E-state index contributed by atoms with van der Waals surface area (Å²) >= 11 is -4.67. The van der Waals surface area contributed by atoms with Gasteiger partial charge in [0.05, 0.1) is 0 Å². The standard InChI is InChI=1S/C45H68O15.Tl/c1-13-31(48)42(8)20-24(4)35(58-42)30-17-23(3)37(55-30)44(10)33(54-12)19-32(57-44)41(7)14-15-45(60-41)21-29(47)25(5)36(59-45)26(6)38(43(9,52)40(50)51)56-39(49)34-22(2)16-27(53-11)18-28(34)46;/h16,18,23-26,29-33,35-38,46,52H,13-15,17,19-21H2,1-12H3,(H,50,51);/q-2;+3/p-1. The second kappa shape index (κ2) is 16.3. The van der Waals surface area contributed by atoms with Crippen LogP contribution in [-0.4, -0.2) is 144 Å². The van der Waals surface area contributed by atoms with E-state index in [1.807, 2.05) is 20.8 Å². The molecule has 61 heavy (non-hydrogen) atoms. The number of carbonyl (C=O) groups is 2. The zero-order valence-corrected chi connectivity index (χ0v) is 42.4. The van der Waals surface area contributed by atoms with Crippen molar-refractivity contribution >= 4 is 36.0 Å². The normalized spacial score (nSPS) is 48.4. The van der Waals surface area contributed by atoms with Crippen molar-refractivity contribution in [1.82, 2.24) is 0 Å². The van der Waals surface area contributed by atoms with Gasteiger partial charge in [-0.25, -0.2) is 0 Å². The monoisotopic (exact) mass is 1050 g/mol. The van der Waals surface area contributed by atoms with Gasteiger partial charge in [-0.05, 0) is 0 Å². The molecule has 7 heterocycles. The summed E-state index contributed by atoms with van der Waals surface area (Å²) in [6, 6.07) is 2.90. The molecule has 8 rings (SSSR count). The van der Waals surface area contributed by atoms with Crippen LogP contribution in [0, 0.1) is 30.6 Å². The van der Waals surface area contributed by atoms with Crippen LogP contribution in [0.5, 0.6) is 11.5 Å². The molecule has 7 fully saturated rings. The molecule has 0 aromatic heterocycles. The summed E-state index contributed by atoms with van der Waals surface area (Å²) in [6.45, 7) is 19.3. The van der Waals surface area contributed by atoms with Crippen LogP contribution in [0.4, 0.5) is 0 Å². The number of phenols is 1. The van der Waals surface area contributed by atoms with E-state index in [9.17, 15) is 19.8 Å². The van der Waals surface area contributed by atoms with E-state index in [0.717, 1.165) is 6.42 Å². The van der Waals surface area contributed by atoms with E-state index >= 15 is 0 Å². The first kappa shape index (κ1) is 45.9. The molecule has 18 atom stereocenters. The number of hydrogen-bond donors (Lipinski definition) is 2. The van der Waals surface area contributed by atoms with Crippen LogP contribution in [-0.2, 0) is 46.0 Å². The quantitative estimate of drug-likeness (QED) is 0.212. The Morgan fingerprint density at radius 3 is 2.31 bits per heavy atom. The summed E-state index contributed by atoms with van der Waals surface area (Å²) in [5.74, 6) is -4.05. The van der Waals surface area contributed by atoms with Crippen LogP contribution >= 0.6 is 0 Å². The number of hydrogen-bond acceptors (Lipinski definition) is 15. The van der Waals surface area contributed by atoms with E-state index < -0.39 is 94.5 Å². The van der Waals surface area contributed by atoms with E-state index in [1.54, 1.807) is 27.0 Å². The Labute approximate surface area is 370 Å². The number of aromatic hydroxyl groups is 1. The predicted molar refractivity (Wildman–Crippen MR) is 219 cm³/mol. The summed E-state index contributed by atoms with van der Waals surface area (Å²) in [4.78, 5) is 28.6. The molecular formula is C45H67O15Tl. The van der Waals surface area contributed by atoms with Gasteiger partial charge in [0.25, 0.3) is 0 Å². The Hall–Kier alpha value is -1.68. The molecule has 18 unspecified atom stereocenters. The van der Waals surface area contributed by atoms with Crippen molar-refractivity contribution in [1.29, 1.82) is 0 Å². The number of methoxy groups -OCH3 is 2.